The van der Waals surface area contributed by atoms with Crippen LogP contribution in [0.5, 0.6) is 0 Å². The molecular weight excluding hydrogens is 555 g/mol. The number of carbonyl (C=O) groups excluding carboxylic acids is 2. The number of likely N-dealkylation sites (tertiary alicyclic amines) is 1. The first-order valence-corrected chi connectivity index (χ1v) is 15.0. The van der Waals surface area contributed by atoms with Gasteiger partial charge >= 0.3 is 6.09 Å². The number of aliphatic hydroxyl groups excluding tert-OH is 1. The van der Waals surface area contributed by atoms with Gasteiger partial charge in [0, 0.05) is 48.3 Å². The highest BCUT2D eigenvalue weighted by atomic mass is 32.1. The maximum atomic E-state index is 14.7. The normalized spacial score (nSPS) is 19.0. The van der Waals surface area contributed by atoms with Gasteiger partial charge in [-0.05, 0) is 75.4 Å². The molecule has 0 aliphatic carbocycles. The van der Waals surface area contributed by atoms with Crippen molar-refractivity contribution in [2.24, 2.45) is 0 Å². The molecular formula is C32H35FN4O4S. The Morgan fingerprint density at radius 1 is 1.07 bits per heavy atom. The molecule has 220 valence electrons. The van der Waals surface area contributed by atoms with Crippen molar-refractivity contribution in [3.05, 3.63) is 70.6 Å². The second-order valence-corrected chi connectivity index (χ2v) is 12.9. The second-order valence-electron chi connectivity index (χ2n) is 11.8. The standard InChI is InChI=1S/C32H35FN4O4S/c1-32(2,3)41-31(40)35-22-6-5-14-37(18-22)30(39)28-17-25(21-9-12-27(34-4)26(33)16-21)29(42-28)20-7-10-23(11-8-20)36-15-13-24(38)19-36/h7-12,16-17,22,24,38H,5-6,13-15,18-19H2,1-3H3,(H,35,40)/t22-,24?/m1/s1. The van der Waals surface area contributed by atoms with E-state index in [1.807, 2.05) is 24.3 Å². The molecule has 2 N–H and O–H groups in total. The van der Waals surface area contributed by atoms with Crippen LogP contribution in [0.25, 0.3) is 26.4 Å². The molecule has 8 nitrogen and oxygen atoms in total. The van der Waals surface area contributed by atoms with Gasteiger partial charge in [-0.1, -0.05) is 24.3 Å². The van der Waals surface area contributed by atoms with Gasteiger partial charge in [0.15, 0.2) is 0 Å². The van der Waals surface area contributed by atoms with Gasteiger partial charge in [-0.15, -0.1) is 11.3 Å². The highest BCUT2D eigenvalue weighted by molar-refractivity contribution is 7.18. The molecule has 0 saturated carbocycles. The van der Waals surface area contributed by atoms with Crippen LogP contribution in [0.15, 0.2) is 48.5 Å². The number of rotatable bonds is 5. The lowest BCUT2D eigenvalue weighted by molar-refractivity contribution is 0.0453. The summed E-state index contributed by atoms with van der Waals surface area (Å²) >= 11 is 1.35. The van der Waals surface area contributed by atoms with Gasteiger partial charge in [-0.2, -0.15) is 0 Å². The van der Waals surface area contributed by atoms with Crippen LogP contribution in [-0.4, -0.2) is 65.9 Å². The number of anilines is 1. The Hall–Kier alpha value is -3.94. The van der Waals surface area contributed by atoms with Crippen molar-refractivity contribution in [3.8, 4) is 21.6 Å². The third-order valence-electron chi connectivity index (χ3n) is 7.41. The third kappa shape index (κ3) is 6.75. The summed E-state index contributed by atoms with van der Waals surface area (Å²) in [6.45, 7) is 14.9. The highest BCUT2D eigenvalue weighted by Crippen LogP contribution is 2.41. The molecule has 2 aliphatic rings. The average molecular weight is 591 g/mol. The van der Waals surface area contributed by atoms with E-state index in [1.54, 1.807) is 37.8 Å². The maximum absolute atomic E-state index is 14.7. The van der Waals surface area contributed by atoms with Gasteiger partial charge in [0.1, 0.15) is 11.4 Å². The summed E-state index contributed by atoms with van der Waals surface area (Å²) in [5.41, 5.74) is 2.52. The molecule has 5 rings (SSSR count). The molecule has 10 heteroatoms. The molecule has 42 heavy (non-hydrogen) atoms. The van der Waals surface area contributed by atoms with Crippen molar-refractivity contribution in [2.75, 3.05) is 31.1 Å². The van der Waals surface area contributed by atoms with Crippen molar-refractivity contribution in [1.82, 2.24) is 10.2 Å². The Morgan fingerprint density at radius 2 is 1.81 bits per heavy atom. The SMILES string of the molecule is [C-]#[N+]c1ccc(-c2cc(C(=O)N3CCC[C@@H](NC(=O)OC(C)(C)C)C3)sc2-c2ccc(N3CCC(O)C3)cc2)cc1F. The summed E-state index contributed by atoms with van der Waals surface area (Å²) in [6.07, 6.45) is 1.40. The molecule has 2 saturated heterocycles. The zero-order valence-electron chi connectivity index (χ0n) is 24.0. The Kier molecular flexibility index (Phi) is 8.53. The fourth-order valence-electron chi connectivity index (χ4n) is 5.40. The number of piperidine rings is 1. The topological polar surface area (TPSA) is 86.5 Å². The van der Waals surface area contributed by atoms with Gasteiger partial charge < -0.3 is 25.0 Å². The molecule has 3 aromatic rings. The molecule has 1 unspecified atom stereocenters. The number of nitrogens with zero attached hydrogens (tertiary/aromatic N) is 3. The monoisotopic (exact) mass is 590 g/mol. The van der Waals surface area contributed by atoms with Crippen LogP contribution in [-0.2, 0) is 4.74 Å². The van der Waals surface area contributed by atoms with E-state index < -0.39 is 17.5 Å². The predicted octanol–water partition coefficient (Wildman–Crippen LogP) is 6.47. The molecule has 0 radical (unpaired) electrons. The first-order chi connectivity index (χ1) is 20.0. The van der Waals surface area contributed by atoms with Gasteiger partial charge in [-0.25, -0.2) is 14.0 Å². The predicted molar refractivity (Wildman–Crippen MR) is 163 cm³/mol. The number of hydrogen-bond acceptors (Lipinski definition) is 6. The molecule has 2 aliphatic heterocycles. The summed E-state index contributed by atoms with van der Waals surface area (Å²) in [6, 6.07) is 14.0. The van der Waals surface area contributed by atoms with E-state index in [-0.39, 0.29) is 23.7 Å². The minimum atomic E-state index is -0.613. The largest absolute Gasteiger partial charge is 0.444 e. The first-order valence-electron chi connectivity index (χ1n) is 14.1. The summed E-state index contributed by atoms with van der Waals surface area (Å²) in [5, 5.41) is 12.8. The van der Waals surface area contributed by atoms with Crippen LogP contribution in [0.1, 0.15) is 49.7 Å². The number of hydrogen-bond donors (Lipinski definition) is 2. The summed E-state index contributed by atoms with van der Waals surface area (Å²) in [4.78, 5) is 34.5. The van der Waals surface area contributed by atoms with Crippen molar-refractivity contribution in [1.29, 1.82) is 0 Å². The number of thiophene rings is 1. The molecule has 0 bridgehead atoms. The van der Waals surface area contributed by atoms with Crippen molar-refractivity contribution >= 4 is 34.7 Å². The lowest BCUT2D eigenvalue weighted by atomic mass is 10.0. The number of halogens is 1. The van der Waals surface area contributed by atoms with E-state index >= 15 is 0 Å². The van der Waals surface area contributed by atoms with Crippen LogP contribution in [0.3, 0.4) is 0 Å². The zero-order valence-corrected chi connectivity index (χ0v) is 24.8. The number of nitrogens with one attached hydrogen (secondary N) is 1. The molecule has 1 aromatic heterocycles. The molecule has 2 amide bonds. The van der Waals surface area contributed by atoms with E-state index in [4.69, 9.17) is 11.3 Å². The van der Waals surface area contributed by atoms with Crippen LogP contribution >= 0.6 is 11.3 Å². The molecule has 0 spiro atoms. The Morgan fingerprint density at radius 3 is 2.45 bits per heavy atom. The van der Waals surface area contributed by atoms with Crippen LogP contribution in [0.4, 0.5) is 20.6 Å². The molecule has 2 fully saturated rings. The fraction of sp³-hybridized carbons (Fsp3) is 0.406. The number of alkyl carbamates (subject to hydrolysis) is 1. The van der Waals surface area contributed by atoms with Gasteiger partial charge in [0.25, 0.3) is 5.91 Å². The maximum Gasteiger partial charge on any atom is 0.407 e. The molecule has 2 aromatic carbocycles. The Labute approximate surface area is 249 Å². The second kappa shape index (κ2) is 12.1. The zero-order chi connectivity index (χ0) is 30.0. The Balaban J connectivity index is 1.43. The number of β-amino-alcohol motifs (C(OH)–C–C–N with tert-alkyl or cyclic N) is 1. The molecule has 3 heterocycles. The van der Waals surface area contributed by atoms with E-state index in [9.17, 15) is 19.1 Å². The lowest BCUT2D eigenvalue weighted by Gasteiger charge is -2.33. The van der Waals surface area contributed by atoms with E-state index in [2.05, 4.69) is 15.1 Å². The first kappa shape index (κ1) is 29.5. The van der Waals surface area contributed by atoms with E-state index in [0.717, 1.165) is 41.9 Å². The minimum absolute atomic E-state index is 0.0548. The smallest absolute Gasteiger partial charge is 0.407 e. The van der Waals surface area contributed by atoms with Crippen LogP contribution in [0, 0.1) is 12.4 Å². The van der Waals surface area contributed by atoms with E-state index in [0.29, 0.717) is 35.6 Å². The molecule has 2 atom stereocenters. The van der Waals surface area contributed by atoms with Crippen molar-refractivity contribution < 1.29 is 23.8 Å². The van der Waals surface area contributed by atoms with Gasteiger partial charge in [0.2, 0.25) is 5.69 Å². The van der Waals surface area contributed by atoms with Crippen LogP contribution in [0.2, 0.25) is 0 Å². The van der Waals surface area contributed by atoms with Gasteiger partial charge in [0.05, 0.1) is 17.6 Å². The number of aliphatic hydroxyl groups is 1. The van der Waals surface area contributed by atoms with Gasteiger partial charge in [-0.3, -0.25) is 4.79 Å². The quantitative estimate of drug-likeness (QED) is 0.333. The highest BCUT2D eigenvalue weighted by Gasteiger charge is 2.29. The van der Waals surface area contributed by atoms with Crippen molar-refractivity contribution in [2.45, 2.75) is 57.8 Å². The Bertz CT molecular complexity index is 1510. The van der Waals surface area contributed by atoms with Crippen LogP contribution < -0.4 is 10.2 Å². The van der Waals surface area contributed by atoms with Crippen molar-refractivity contribution in [3.63, 3.8) is 0 Å². The van der Waals surface area contributed by atoms with E-state index in [1.165, 1.54) is 23.5 Å². The number of amides is 2. The summed E-state index contributed by atoms with van der Waals surface area (Å²) < 4.78 is 20.1. The number of ether oxygens (including phenoxy) is 1. The summed E-state index contributed by atoms with van der Waals surface area (Å²) in [5.74, 6) is -0.758. The minimum Gasteiger partial charge on any atom is -0.444 e. The fourth-order valence-corrected chi connectivity index (χ4v) is 6.55. The summed E-state index contributed by atoms with van der Waals surface area (Å²) in [7, 11) is 0. The number of benzene rings is 2. The number of carbonyl (C=O) groups is 2. The lowest BCUT2D eigenvalue weighted by Crippen LogP contribution is -2.50. The third-order valence-corrected chi connectivity index (χ3v) is 8.58. The average Bonchev–Trinajstić information content (AvgIpc) is 3.59.